The molecule has 0 saturated heterocycles. The monoisotopic (exact) mass is 321 g/mol. The summed E-state index contributed by atoms with van der Waals surface area (Å²) in [7, 11) is 0. The van der Waals surface area contributed by atoms with Crippen LogP contribution in [0.2, 0.25) is 0 Å². The van der Waals surface area contributed by atoms with Gasteiger partial charge in [-0.15, -0.1) is 0 Å². The van der Waals surface area contributed by atoms with Crippen molar-refractivity contribution in [2.45, 2.75) is 60.0 Å². The number of carbonyl (C=O) groups is 2. The van der Waals surface area contributed by atoms with E-state index in [1.165, 1.54) is 0 Å². The average Bonchev–Trinajstić information content (AvgIpc) is 2.70. The number of carboxylic acid groups (broad SMARTS) is 1. The summed E-state index contributed by atoms with van der Waals surface area (Å²) < 4.78 is 1.91. The first kappa shape index (κ1) is 18.9. The Morgan fingerprint density at radius 2 is 2.00 bits per heavy atom. The van der Waals surface area contributed by atoms with E-state index in [1.807, 2.05) is 25.5 Å². The minimum atomic E-state index is -1.03. The molecule has 23 heavy (non-hydrogen) atoms. The first-order valence-electron chi connectivity index (χ1n) is 7.92. The molecule has 6 nitrogen and oxygen atoms in total. The number of nitrogens with zero attached hydrogens (tertiary/aromatic N) is 2. The molecule has 2 N–H and O–H groups in total. The summed E-state index contributed by atoms with van der Waals surface area (Å²) in [5, 5.41) is 16.2. The van der Waals surface area contributed by atoms with Crippen molar-refractivity contribution >= 4 is 11.9 Å². The highest BCUT2D eigenvalue weighted by molar-refractivity contribution is 5.85. The van der Waals surface area contributed by atoms with Crippen LogP contribution in [0, 0.1) is 19.8 Å². The van der Waals surface area contributed by atoms with E-state index in [-0.39, 0.29) is 18.7 Å². The number of aromatic nitrogens is 2. The molecule has 1 heterocycles. The fourth-order valence-corrected chi connectivity index (χ4v) is 2.41. The van der Waals surface area contributed by atoms with Crippen LogP contribution in [-0.2, 0) is 22.6 Å². The van der Waals surface area contributed by atoms with Gasteiger partial charge in [0.15, 0.2) is 0 Å². The van der Waals surface area contributed by atoms with E-state index >= 15 is 0 Å². The lowest BCUT2D eigenvalue weighted by Crippen LogP contribution is -2.41. The van der Waals surface area contributed by atoms with Crippen molar-refractivity contribution in [3.8, 4) is 0 Å². The zero-order valence-corrected chi connectivity index (χ0v) is 14.6. The lowest BCUT2D eigenvalue weighted by Gasteiger charge is -2.13. The summed E-state index contributed by atoms with van der Waals surface area (Å²) >= 11 is 0. The largest absolute Gasteiger partial charge is 0.480 e. The third-order valence-electron chi connectivity index (χ3n) is 3.65. The normalized spacial score (nSPS) is 12.8. The number of rotatable bonds is 8. The number of allylic oxidation sites excluding steroid dienone is 1. The van der Waals surface area contributed by atoms with Gasteiger partial charge in [-0.1, -0.05) is 26.0 Å². The molecule has 0 saturated carbocycles. The number of nitrogens with one attached hydrogen (secondary N) is 1. The average molecular weight is 321 g/mol. The zero-order chi connectivity index (χ0) is 17.6. The Morgan fingerprint density at radius 1 is 1.35 bits per heavy atom. The second kappa shape index (κ2) is 8.50. The number of hydrogen-bond acceptors (Lipinski definition) is 3. The zero-order valence-electron chi connectivity index (χ0n) is 14.6. The molecule has 1 atom stereocenters. The molecule has 1 aromatic heterocycles. The molecule has 128 valence electrons. The maximum atomic E-state index is 12.2. The number of amides is 1. The van der Waals surface area contributed by atoms with Crippen molar-refractivity contribution < 1.29 is 14.7 Å². The smallest absolute Gasteiger partial charge is 0.326 e. The molecule has 0 aromatic carbocycles. The quantitative estimate of drug-likeness (QED) is 0.719. The van der Waals surface area contributed by atoms with Gasteiger partial charge in [0.1, 0.15) is 6.04 Å². The van der Waals surface area contributed by atoms with Crippen molar-refractivity contribution in [3.63, 3.8) is 0 Å². The molecule has 0 aliphatic carbocycles. The van der Waals surface area contributed by atoms with Crippen LogP contribution in [0.25, 0.3) is 0 Å². The fourth-order valence-electron chi connectivity index (χ4n) is 2.41. The molecule has 0 bridgehead atoms. The molecule has 6 heteroatoms. The van der Waals surface area contributed by atoms with Crippen molar-refractivity contribution in [2.24, 2.45) is 5.92 Å². The third kappa shape index (κ3) is 5.54. The predicted octanol–water partition coefficient (Wildman–Crippen LogP) is 2.23. The minimum absolute atomic E-state index is 0.148. The van der Waals surface area contributed by atoms with Gasteiger partial charge >= 0.3 is 5.97 Å². The summed E-state index contributed by atoms with van der Waals surface area (Å²) in [6.07, 6.45) is 3.93. The molecular formula is C17H27N3O3. The van der Waals surface area contributed by atoms with E-state index in [9.17, 15) is 9.59 Å². The highest BCUT2D eigenvalue weighted by Gasteiger charge is 2.21. The standard InChI is InChI=1S/C17H27N3O3/c1-6-7-8-15(17(22)23)18-16(21)9-14-12(4)19-20(13(14)5)10-11(2)3/h6-7,11,15H,8-10H2,1-5H3,(H,18,21)(H,22,23)/b7-6+. The summed E-state index contributed by atoms with van der Waals surface area (Å²) in [4.78, 5) is 23.4. The summed E-state index contributed by atoms with van der Waals surface area (Å²) in [6.45, 7) is 10.7. The lowest BCUT2D eigenvalue weighted by atomic mass is 10.1. The molecule has 0 aliphatic rings. The maximum Gasteiger partial charge on any atom is 0.326 e. The number of carboxylic acids is 1. The van der Waals surface area contributed by atoms with Crippen LogP contribution in [0.1, 0.15) is 44.1 Å². The Hall–Kier alpha value is -2.11. The van der Waals surface area contributed by atoms with Gasteiger partial charge in [0, 0.05) is 17.8 Å². The van der Waals surface area contributed by atoms with Gasteiger partial charge in [-0.05, 0) is 33.1 Å². The molecule has 0 fully saturated rings. The maximum absolute atomic E-state index is 12.2. The van der Waals surface area contributed by atoms with Crippen molar-refractivity contribution in [2.75, 3.05) is 0 Å². The highest BCUT2D eigenvalue weighted by Crippen LogP contribution is 2.15. The number of carbonyl (C=O) groups excluding carboxylic acids is 1. The van der Waals surface area contributed by atoms with Gasteiger partial charge in [0.2, 0.25) is 5.91 Å². The van der Waals surface area contributed by atoms with E-state index in [0.717, 1.165) is 23.5 Å². The first-order valence-corrected chi connectivity index (χ1v) is 7.92. The summed E-state index contributed by atoms with van der Waals surface area (Å²) in [5.74, 6) is -0.857. The van der Waals surface area contributed by atoms with Gasteiger partial charge in [-0.3, -0.25) is 9.48 Å². The molecule has 0 radical (unpaired) electrons. The molecule has 1 rings (SSSR count). The van der Waals surface area contributed by atoms with Crippen LogP contribution in [-0.4, -0.2) is 32.8 Å². The molecular weight excluding hydrogens is 294 g/mol. The fraction of sp³-hybridized carbons (Fsp3) is 0.588. The van der Waals surface area contributed by atoms with Gasteiger partial charge in [0.05, 0.1) is 12.1 Å². The molecule has 0 aliphatic heterocycles. The van der Waals surface area contributed by atoms with E-state index in [0.29, 0.717) is 5.92 Å². The van der Waals surface area contributed by atoms with Crippen LogP contribution >= 0.6 is 0 Å². The summed E-state index contributed by atoms with van der Waals surface area (Å²) in [5.41, 5.74) is 2.66. The van der Waals surface area contributed by atoms with Crippen LogP contribution in [0.15, 0.2) is 12.2 Å². The van der Waals surface area contributed by atoms with Gasteiger partial charge in [-0.2, -0.15) is 5.10 Å². The Balaban J connectivity index is 2.80. The number of aliphatic carboxylic acids is 1. The SMILES string of the molecule is C/C=C/CC(NC(=O)Cc1c(C)nn(CC(C)C)c1C)C(=O)O. The Morgan fingerprint density at radius 3 is 2.52 bits per heavy atom. The van der Waals surface area contributed by atoms with Crippen molar-refractivity contribution in [1.29, 1.82) is 0 Å². The van der Waals surface area contributed by atoms with Crippen molar-refractivity contribution in [1.82, 2.24) is 15.1 Å². The van der Waals surface area contributed by atoms with Crippen LogP contribution in [0.5, 0.6) is 0 Å². The lowest BCUT2D eigenvalue weighted by molar-refractivity contribution is -0.141. The summed E-state index contributed by atoms with van der Waals surface area (Å²) in [6, 6.07) is -0.898. The van der Waals surface area contributed by atoms with Crippen molar-refractivity contribution in [3.05, 3.63) is 29.1 Å². The van der Waals surface area contributed by atoms with Crippen LogP contribution in [0.4, 0.5) is 0 Å². The van der Waals surface area contributed by atoms with E-state index in [1.54, 1.807) is 12.2 Å². The Labute approximate surface area is 137 Å². The Bertz CT molecular complexity index is 588. The first-order chi connectivity index (χ1) is 10.8. The van der Waals surface area contributed by atoms with Gasteiger partial charge in [0.25, 0.3) is 0 Å². The van der Waals surface area contributed by atoms with E-state index in [2.05, 4.69) is 24.3 Å². The molecule has 1 aromatic rings. The molecule has 1 unspecified atom stereocenters. The molecule has 1 amide bonds. The van der Waals surface area contributed by atoms with Crippen LogP contribution < -0.4 is 5.32 Å². The third-order valence-corrected chi connectivity index (χ3v) is 3.65. The Kier molecular flexibility index (Phi) is 7.00. The molecule has 0 spiro atoms. The van der Waals surface area contributed by atoms with Gasteiger partial charge in [-0.25, -0.2) is 4.79 Å². The minimum Gasteiger partial charge on any atom is -0.480 e. The second-order valence-electron chi connectivity index (χ2n) is 6.17. The number of aryl methyl sites for hydroxylation is 1. The van der Waals surface area contributed by atoms with E-state index in [4.69, 9.17) is 5.11 Å². The second-order valence-corrected chi connectivity index (χ2v) is 6.17. The topological polar surface area (TPSA) is 84.2 Å². The number of hydrogen-bond donors (Lipinski definition) is 2. The van der Waals surface area contributed by atoms with E-state index < -0.39 is 12.0 Å². The van der Waals surface area contributed by atoms with Gasteiger partial charge < -0.3 is 10.4 Å². The van der Waals surface area contributed by atoms with Crippen LogP contribution in [0.3, 0.4) is 0 Å². The highest BCUT2D eigenvalue weighted by atomic mass is 16.4. The predicted molar refractivity (Wildman–Crippen MR) is 89.2 cm³/mol.